The van der Waals surface area contributed by atoms with Crippen LogP contribution in [0.1, 0.15) is 10.4 Å². The zero-order valence-corrected chi connectivity index (χ0v) is 16.0. The molecule has 0 unspecified atom stereocenters. The van der Waals surface area contributed by atoms with Gasteiger partial charge in [-0.1, -0.05) is 46.3 Å². The van der Waals surface area contributed by atoms with E-state index in [0.29, 0.717) is 22.2 Å². The van der Waals surface area contributed by atoms with Gasteiger partial charge < -0.3 is 10.5 Å². The van der Waals surface area contributed by atoms with Crippen LogP contribution in [0, 0.1) is 0 Å². The van der Waals surface area contributed by atoms with E-state index in [1.165, 1.54) is 0 Å². The molecule has 1 amide bonds. The van der Waals surface area contributed by atoms with Gasteiger partial charge in [0.25, 0.3) is 5.91 Å². The lowest BCUT2D eigenvalue weighted by Crippen LogP contribution is -2.21. The molecule has 1 heterocycles. The molecule has 0 aliphatic rings. The van der Waals surface area contributed by atoms with Crippen molar-refractivity contribution in [1.82, 2.24) is 4.98 Å². The molecule has 2 N–H and O–H groups in total. The summed E-state index contributed by atoms with van der Waals surface area (Å²) >= 11 is 6.89. The van der Waals surface area contributed by atoms with Gasteiger partial charge in [0, 0.05) is 19.9 Å². The van der Waals surface area contributed by atoms with E-state index in [9.17, 15) is 9.59 Å². The number of esters is 1. The molecule has 3 aromatic rings. The Hall–Kier alpha value is -2.25. The van der Waals surface area contributed by atoms with Gasteiger partial charge in [0.15, 0.2) is 6.61 Å². The number of pyridine rings is 1. The summed E-state index contributed by atoms with van der Waals surface area (Å²) < 4.78 is 6.51. The van der Waals surface area contributed by atoms with Crippen molar-refractivity contribution in [3.63, 3.8) is 0 Å². The summed E-state index contributed by atoms with van der Waals surface area (Å²) in [5.41, 5.74) is 7.48. The Bertz CT molecular complexity index is 975. The lowest BCUT2D eigenvalue weighted by molar-refractivity contribution is -0.121. The van der Waals surface area contributed by atoms with Crippen molar-refractivity contribution in [2.75, 3.05) is 6.61 Å². The molecule has 7 heteroatoms. The minimum absolute atomic E-state index is 0.312. The first-order valence-corrected chi connectivity index (χ1v) is 8.85. The van der Waals surface area contributed by atoms with Gasteiger partial charge in [-0.25, -0.2) is 9.78 Å². The maximum absolute atomic E-state index is 12.5. The van der Waals surface area contributed by atoms with Crippen LogP contribution in [0.15, 0.2) is 57.5 Å². The van der Waals surface area contributed by atoms with E-state index < -0.39 is 18.5 Å². The minimum atomic E-state index is -0.711. The first kappa shape index (κ1) is 17.6. The zero-order valence-electron chi connectivity index (χ0n) is 12.8. The molecule has 0 saturated heterocycles. The van der Waals surface area contributed by atoms with Gasteiger partial charge in [-0.15, -0.1) is 0 Å². The van der Waals surface area contributed by atoms with E-state index >= 15 is 0 Å². The maximum Gasteiger partial charge on any atom is 0.339 e. The number of nitrogens with zero attached hydrogens (tertiary/aromatic N) is 1. The number of halogens is 2. The number of primary amides is 1. The number of aromatic nitrogens is 1. The van der Waals surface area contributed by atoms with Gasteiger partial charge in [-0.3, -0.25) is 4.79 Å². The topological polar surface area (TPSA) is 82.3 Å². The van der Waals surface area contributed by atoms with Crippen molar-refractivity contribution in [1.29, 1.82) is 0 Å². The van der Waals surface area contributed by atoms with E-state index in [1.54, 1.807) is 12.1 Å². The van der Waals surface area contributed by atoms with Gasteiger partial charge in [0.05, 0.1) is 16.8 Å². The molecule has 0 aliphatic carbocycles. The second kappa shape index (κ2) is 7.33. The molecular weight excluding hydrogens is 452 g/mol. The lowest BCUT2D eigenvalue weighted by Gasteiger charge is -2.11. The Balaban J connectivity index is 2.21. The van der Waals surface area contributed by atoms with Crippen LogP contribution < -0.4 is 5.73 Å². The van der Waals surface area contributed by atoms with Crippen molar-refractivity contribution in [2.24, 2.45) is 5.73 Å². The van der Waals surface area contributed by atoms with Crippen molar-refractivity contribution in [3.8, 4) is 11.3 Å². The van der Waals surface area contributed by atoms with Crippen LogP contribution in [0.4, 0.5) is 0 Å². The smallest absolute Gasteiger partial charge is 0.339 e. The first-order valence-electron chi connectivity index (χ1n) is 7.26. The molecule has 3 rings (SSSR count). The highest BCUT2D eigenvalue weighted by Gasteiger charge is 2.18. The third kappa shape index (κ3) is 3.88. The summed E-state index contributed by atoms with van der Waals surface area (Å²) in [4.78, 5) is 28.1. The summed E-state index contributed by atoms with van der Waals surface area (Å²) in [5.74, 6) is -1.34. The van der Waals surface area contributed by atoms with E-state index in [2.05, 4.69) is 36.8 Å². The average molecular weight is 464 g/mol. The number of carbonyl (C=O) groups excluding carboxylic acids is 2. The Morgan fingerprint density at radius 1 is 1.08 bits per heavy atom. The molecule has 0 atom stereocenters. The molecule has 0 spiro atoms. The highest BCUT2D eigenvalue weighted by molar-refractivity contribution is 9.11. The zero-order chi connectivity index (χ0) is 18.0. The number of hydrogen-bond donors (Lipinski definition) is 1. The predicted octanol–water partition coefficient (Wildman–Crippen LogP) is 4.07. The second-order valence-electron chi connectivity index (χ2n) is 5.25. The van der Waals surface area contributed by atoms with Crippen LogP contribution in [-0.2, 0) is 9.53 Å². The molecular formula is C18H12Br2N2O3. The van der Waals surface area contributed by atoms with Gasteiger partial charge >= 0.3 is 5.97 Å². The fourth-order valence-electron chi connectivity index (χ4n) is 2.39. The highest BCUT2D eigenvalue weighted by Crippen LogP contribution is 2.32. The summed E-state index contributed by atoms with van der Waals surface area (Å²) in [7, 11) is 0. The lowest BCUT2D eigenvalue weighted by atomic mass is 10.0. The maximum atomic E-state index is 12.5. The molecule has 126 valence electrons. The average Bonchev–Trinajstić information content (AvgIpc) is 2.59. The number of hydrogen-bond acceptors (Lipinski definition) is 4. The highest BCUT2D eigenvalue weighted by atomic mass is 79.9. The van der Waals surface area contributed by atoms with Crippen LogP contribution >= 0.6 is 31.9 Å². The molecule has 0 fully saturated rings. The normalized spacial score (nSPS) is 10.6. The standard InChI is InChI=1S/C18H12Br2N2O3/c19-11-6-12-13(18(24)25-9-16(21)23)8-15(10-4-2-1-3-5-10)22-17(12)14(20)7-11/h1-8H,9H2,(H2,21,23). The Labute approximate surface area is 160 Å². The molecule has 2 aromatic carbocycles. The second-order valence-corrected chi connectivity index (χ2v) is 7.02. The number of amides is 1. The molecule has 1 aromatic heterocycles. The van der Waals surface area contributed by atoms with Crippen LogP contribution in [-0.4, -0.2) is 23.5 Å². The SMILES string of the molecule is NC(=O)COC(=O)c1cc(-c2ccccc2)nc2c(Br)cc(Br)cc12. The predicted molar refractivity (Wildman–Crippen MR) is 102 cm³/mol. The number of nitrogens with two attached hydrogens (primary N) is 1. The van der Waals surface area contributed by atoms with Crippen LogP contribution in [0.5, 0.6) is 0 Å². The van der Waals surface area contributed by atoms with E-state index in [0.717, 1.165) is 14.5 Å². The molecule has 0 bridgehead atoms. The summed E-state index contributed by atoms with van der Waals surface area (Å²) in [5, 5.41) is 0.607. The number of rotatable bonds is 4. The monoisotopic (exact) mass is 462 g/mol. The van der Waals surface area contributed by atoms with Crippen molar-refractivity contribution in [2.45, 2.75) is 0 Å². The van der Waals surface area contributed by atoms with Gasteiger partial charge in [-0.2, -0.15) is 0 Å². The van der Waals surface area contributed by atoms with Crippen LogP contribution in [0.25, 0.3) is 22.2 Å². The third-order valence-corrected chi connectivity index (χ3v) is 4.53. The van der Waals surface area contributed by atoms with Crippen molar-refractivity contribution < 1.29 is 14.3 Å². The minimum Gasteiger partial charge on any atom is -0.452 e. The van der Waals surface area contributed by atoms with Gasteiger partial charge in [0.2, 0.25) is 0 Å². The third-order valence-electron chi connectivity index (χ3n) is 3.47. The van der Waals surface area contributed by atoms with Crippen molar-refractivity contribution >= 4 is 54.6 Å². The van der Waals surface area contributed by atoms with E-state index in [4.69, 9.17) is 10.5 Å². The quantitative estimate of drug-likeness (QED) is 0.591. The summed E-state index contributed by atoms with van der Waals surface area (Å²) in [6, 6.07) is 14.8. The number of fused-ring (bicyclic) bond motifs is 1. The molecule has 0 aliphatic heterocycles. The van der Waals surface area contributed by atoms with Crippen LogP contribution in [0.3, 0.4) is 0 Å². The van der Waals surface area contributed by atoms with Gasteiger partial charge in [0.1, 0.15) is 0 Å². The fourth-order valence-corrected chi connectivity index (χ4v) is 3.71. The van der Waals surface area contributed by atoms with E-state index in [1.807, 2.05) is 36.4 Å². The molecule has 0 saturated carbocycles. The molecule has 0 radical (unpaired) electrons. The number of benzene rings is 2. The summed E-state index contributed by atoms with van der Waals surface area (Å²) in [6.45, 7) is -0.474. The first-order chi connectivity index (χ1) is 12.0. The Morgan fingerprint density at radius 3 is 2.48 bits per heavy atom. The Kier molecular flexibility index (Phi) is 5.15. The number of ether oxygens (including phenoxy) is 1. The summed E-state index contributed by atoms with van der Waals surface area (Å²) in [6.07, 6.45) is 0. The molecule has 25 heavy (non-hydrogen) atoms. The van der Waals surface area contributed by atoms with Crippen LogP contribution in [0.2, 0.25) is 0 Å². The Morgan fingerprint density at radius 2 is 1.80 bits per heavy atom. The van der Waals surface area contributed by atoms with Crippen molar-refractivity contribution in [3.05, 3.63) is 63.0 Å². The molecule has 5 nitrogen and oxygen atoms in total. The number of carbonyl (C=O) groups is 2. The largest absolute Gasteiger partial charge is 0.452 e. The van der Waals surface area contributed by atoms with Gasteiger partial charge in [-0.05, 0) is 34.1 Å². The fraction of sp³-hybridized carbons (Fsp3) is 0.0556. The van der Waals surface area contributed by atoms with E-state index in [-0.39, 0.29) is 0 Å².